The minimum atomic E-state index is -0.555. The third-order valence-corrected chi connectivity index (χ3v) is 3.84. The molecular weight excluding hydrogens is 266 g/mol. The maximum atomic E-state index is 12.2. The fourth-order valence-corrected chi connectivity index (χ4v) is 2.75. The second-order valence-electron chi connectivity index (χ2n) is 7.53. The van der Waals surface area contributed by atoms with Gasteiger partial charge in [0.25, 0.3) is 0 Å². The molecule has 1 aliphatic carbocycles. The Morgan fingerprint density at radius 3 is 2.19 bits per heavy atom. The van der Waals surface area contributed by atoms with E-state index < -0.39 is 11.6 Å². The predicted molar refractivity (Wildman–Crippen MR) is 83.8 cm³/mol. The van der Waals surface area contributed by atoms with Crippen LogP contribution in [-0.2, 0) is 14.3 Å². The van der Waals surface area contributed by atoms with Gasteiger partial charge in [0.1, 0.15) is 11.6 Å². The van der Waals surface area contributed by atoms with Gasteiger partial charge in [-0.05, 0) is 45.4 Å². The Kier molecular flexibility index (Phi) is 6.69. The Balaban J connectivity index is 2.52. The third-order valence-electron chi connectivity index (χ3n) is 3.84. The van der Waals surface area contributed by atoms with Gasteiger partial charge in [0, 0.05) is 6.42 Å². The third kappa shape index (κ3) is 6.96. The number of carbonyl (C=O) groups excluding carboxylic acids is 2. The van der Waals surface area contributed by atoms with Gasteiger partial charge in [0.15, 0.2) is 0 Å². The smallest absolute Gasteiger partial charge is 0.329 e. The van der Waals surface area contributed by atoms with E-state index in [2.05, 4.69) is 5.32 Å². The van der Waals surface area contributed by atoms with Crippen molar-refractivity contribution in [2.24, 2.45) is 11.8 Å². The van der Waals surface area contributed by atoms with Crippen molar-refractivity contribution in [2.75, 3.05) is 0 Å². The maximum absolute atomic E-state index is 12.2. The molecule has 0 heterocycles. The summed E-state index contributed by atoms with van der Waals surface area (Å²) in [5.41, 5.74) is -0.529. The Morgan fingerprint density at radius 1 is 1.14 bits per heavy atom. The van der Waals surface area contributed by atoms with Gasteiger partial charge in [-0.25, -0.2) is 4.79 Å². The number of hydrogen-bond donors (Lipinski definition) is 1. The normalized spacial score (nSPS) is 18.4. The summed E-state index contributed by atoms with van der Waals surface area (Å²) in [6.45, 7) is 9.37. The lowest BCUT2D eigenvalue weighted by atomic mass is 9.86. The van der Waals surface area contributed by atoms with Gasteiger partial charge in [-0.15, -0.1) is 0 Å². The lowest BCUT2D eigenvalue weighted by Gasteiger charge is -2.27. The number of ether oxygens (including phenoxy) is 1. The second kappa shape index (κ2) is 7.81. The van der Waals surface area contributed by atoms with Crippen molar-refractivity contribution in [1.29, 1.82) is 0 Å². The van der Waals surface area contributed by atoms with Crippen molar-refractivity contribution in [3.63, 3.8) is 0 Å². The minimum absolute atomic E-state index is 0.0218. The molecule has 0 aromatic rings. The highest BCUT2D eigenvalue weighted by Gasteiger charge is 2.29. The van der Waals surface area contributed by atoms with E-state index in [1.807, 2.05) is 34.6 Å². The van der Waals surface area contributed by atoms with Gasteiger partial charge in [-0.3, -0.25) is 4.79 Å². The zero-order valence-corrected chi connectivity index (χ0v) is 14.2. The van der Waals surface area contributed by atoms with E-state index in [0.717, 1.165) is 12.8 Å². The highest BCUT2D eigenvalue weighted by atomic mass is 16.6. The molecule has 0 radical (unpaired) electrons. The Morgan fingerprint density at radius 2 is 1.71 bits per heavy atom. The number of esters is 1. The summed E-state index contributed by atoms with van der Waals surface area (Å²) in [6, 6.07) is -0.555. The van der Waals surface area contributed by atoms with Crippen LogP contribution in [0.25, 0.3) is 0 Å². The van der Waals surface area contributed by atoms with Gasteiger partial charge < -0.3 is 10.1 Å². The van der Waals surface area contributed by atoms with Crippen molar-refractivity contribution in [2.45, 2.75) is 84.8 Å². The molecule has 0 aromatic heterocycles. The van der Waals surface area contributed by atoms with E-state index in [1.165, 1.54) is 19.3 Å². The quantitative estimate of drug-likeness (QED) is 0.791. The lowest BCUT2D eigenvalue weighted by Crippen LogP contribution is -2.47. The Hall–Kier alpha value is -1.06. The van der Waals surface area contributed by atoms with Crippen LogP contribution in [0.1, 0.15) is 73.1 Å². The number of amides is 1. The molecular formula is C17H31NO3. The van der Waals surface area contributed by atoms with Gasteiger partial charge in [-0.1, -0.05) is 33.1 Å². The average molecular weight is 297 g/mol. The van der Waals surface area contributed by atoms with Crippen molar-refractivity contribution < 1.29 is 14.3 Å². The van der Waals surface area contributed by atoms with Crippen LogP contribution >= 0.6 is 0 Å². The maximum Gasteiger partial charge on any atom is 0.329 e. The molecule has 122 valence electrons. The number of rotatable bonds is 5. The molecule has 0 spiro atoms. The van der Waals surface area contributed by atoms with Gasteiger partial charge in [-0.2, -0.15) is 0 Å². The average Bonchev–Trinajstić information content (AvgIpc) is 2.34. The first kappa shape index (κ1) is 18.0. The van der Waals surface area contributed by atoms with E-state index in [0.29, 0.717) is 12.3 Å². The summed E-state index contributed by atoms with van der Waals surface area (Å²) in [6.07, 6.45) is 6.52. The first-order valence-corrected chi connectivity index (χ1v) is 8.21. The molecule has 4 heteroatoms. The molecule has 0 unspecified atom stereocenters. The largest absolute Gasteiger partial charge is 0.458 e. The molecule has 1 rings (SSSR count). The first-order valence-electron chi connectivity index (χ1n) is 8.21. The van der Waals surface area contributed by atoms with Crippen LogP contribution in [-0.4, -0.2) is 23.5 Å². The van der Waals surface area contributed by atoms with E-state index >= 15 is 0 Å². The summed E-state index contributed by atoms with van der Waals surface area (Å²) in [5.74, 6) is 0.140. The zero-order valence-electron chi connectivity index (χ0n) is 14.2. The summed E-state index contributed by atoms with van der Waals surface area (Å²) >= 11 is 0. The molecule has 1 fully saturated rings. The molecule has 0 bridgehead atoms. The fourth-order valence-electron chi connectivity index (χ4n) is 2.75. The van der Waals surface area contributed by atoms with E-state index in [9.17, 15) is 9.59 Å². The van der Waals surface area contributed by atoms with Gasteiger partial charge >= 0.3 is 5.97 Å². The topological polar surface area (TPSA) is 55.4 Å². The van der Waals surface area contributed by atoms with Crippen LogP contribution in [0.15, 0.2) is 0 Å². The highest BCUT2D eigenvalue weighted by molar-refractivity contribution is 5.84. The monoisotopic (exact) mass is 297 g/mol. The molecule has 1 N–H and O–H groups in total. The second-order valence-corrected chi connectivity index (χ2v) is 7.53. The van der Waals surface area contributed by atoms with Crippen LogP contribution in [0.2, 0.25) is 0 Å². The van der Waals surface area contributed by atoms with Crippen molar-refractivity contribution in [1.82, 2.24) is 5.32 Å². The summed E-state index contributed by atoms with van der Waals surface area (Å²) in [5, 5.41) is 2.87. The van der Waals surface area contributed by atoms with Crippen LogP contribution in [0, 0.1) is 11.8 Å². The standard InChI is InChI=1S/C17H31NO3/c1-12(2)15(16(20)21-17(3,4)5)18-14(19)11-13-9-7-6-8-10-13/h12-13,15H,6-11H2,1-5H3,(H,18,19)/t15-/m0/s1. The minimum Gasteiger partial charge on any atom is -0.458 e. The molecule has 21 heavy (non-hydrogen) atoms. The molecule has 0 aliphatic heterocycles. The molecule has 1 amide bonds. The summed E-state index contributed by atoms with van der Waals surface area (Å²) in [7, 11) is 0. The summed E-state index contributed by atoms with van der Waals surface area (Å²) < 4.78 is 5.40. The van der Waals surface area contributed by atoms with Crippen molar-refractivity contribution >= 4 is 11.9 Å². The van der Waals surface area contributed by atoms with Crippen molar-refractivity contribution in [3.05, 3.63) is 0 Å². The zero-order chi connectivity index (χ0) is 16.0. The summed E-state index contributed by atoms with van der Waals surface area (Å²) in [4.78, 5) is 24.4. The SMILES string of the molecule is CC(C)[C@H](NC(=O)CC1CCCCC1)C(=O)OC(C)(C)C. The Labute approximate surface area is 129 Å². The molecule has 0 aromatic carbocycles. The predicted octanol–water partition coefficient (Wildman–Crippen LogP) is 3.44. The number of carbonyl (C=O) groups is 2. The number of nitrogens with one attached hydrogen (secondary N) is 1. The van der Waals surface area contributed by atoms with Crippen LogP contribution in [0.3, 0.4) is 0 Å². The van der Waals surface area contributed by atoms with Gasteiger partial charge in [0.05, 0.1) is 0 Å². The van der Waals surface area contributed by atoms with Crippen LogP contribution < -0.4 is 5.32 Å². The van der Waals surface area contributed by atoms with Crippen molar-refractivity contribution in [3.8, 4) is 0 Å². The highest BCUT2D eigenvalue weighted by Crippen LogP contribution is 2.26. The molecule has 1 saturated carbocycles. The Bertz CT molecular complexity index is 352. The first-order chi connectivity index (χ1) is 9.69. The molecule has 1 atom stereocenters. The van der Waals surface area contributed by atoms with Crippen LogP contribution in [0.4, 0.5) is 0 Å². The molecule has 4 nitrogen and oxygen atoms in total. The van der Waals surface area contributed by atoms with Crippen LogP contribution in [0.5, 0.6) is 0 Å². The fraction of sp³-hybridized carbons (Fsp3) is 0.882. The van der Waals surface area contributed by atoms with E-state index in [1.54, 1.807) is 0 Å². The lowest BCUT2D eigenvalue weighted by molar-refractivity contribution is -0.160. The number of hydrogen-bond acceptors (Lipinski definition) is 3. The molecule has 1 aliphatic rings. The van der Waals surface area contributed by atoms with E-state index in [-0.39, 0.29) is 17.8 Å². The van der Waals surface area contributed by atoms with Gasteiger partial charge in [0.2, 0.25) is 5.91 Å². The van der Waals surface area contributed by atoms with E-state index in [4.69, 9.17) is 4.74 Å². The molecule has 0 saturated heterocycles.